The van der Waals surface area contributed by atoms with Crippen molar-refractivity contribution >= 4 is 28.9 Å². The molecule has 0 bridgehead atoms. The Balaban J connectivity index is 1.80. The molecular weight excluding hydrogens is 302 g/mol. The molecule has 0 radical (unpaired) electrons. The first-order valence-electron chi connectivity index (χ1n) is 8.29. The van der Waals surface area contributed by atoms with E-state index >= 15 is 0 Å². The molecule has 4 rings (SSSR count). The molecule has 2 aliphatic rings. The summed E-state index contributed by atoms with van der Waals surface area (Å²) in [5.74, 6) is -0.192. The summed E-state index contributed by atoms with van der Waals surface area (Å²) in [4.78, 5) is 29.5. The van der Waals surface area contributed by atoms with Gasteiger partial charge >= 0.3 is 0 Å². The number of hydrogen-bond donors (Lipinski definition) is 1. The second-order valence-corrected chi connectivity index (χ2v) is 6.20. The molecule has 24 heavy (non-hydrogen) atoms. The van der Waals surface area contributed by atoms with Crippen molar-refractivity contribution in [1.29, 1.82) is 0 Å². The maximum Gasteiger partial charge on any atom is 0.257 e. The monoisotopic (exact) mass is 321 g/mol. The van der Waals surface area contributed by atoms with E-state index in [1.54, 1.807) is 11.0 Å². The fourth-order valence-electron chi connectivity index (χ4n) is 3.43. The summed E-state index contributed by atoms with van der Waals surface area (Å²) in [7, 11) is 0. The van der Waals surface area contributed by atoms with Crippen LogP contribution in [-0.4, -0.2) is 36.3 Å². The van der Waals surface area contributed by atoms with Crippen LogP contribution in [-0.2, 0) is 4.79 Å². The van der Waals surface area contributed by atoms with Crippen LogP contribution in [0.15, 0.2) is 48.5 Å². The zero-order valence-electron chi connectivity index (χ0n) is 13.4. The predicted octanol–water partition coefficient (Wildman–Crippen LogP) is 3.01. The molecule has 0 saturated carbocycles. The number of nitrogens with zero attached hydrogens (tertiary/aromatic N) is 2. The quantitative estimate of drug-likeness (QED) is 0.925. The summed E-state index contributed by atoms with van der Waals surface area (Å²) in [6.07, 6.45) is 2.28. The van der Waals surface area contributed by atoms with E-state index in [0.29, 0.717) is 23.5 Å². The van der Waals surface area contributed by atoms with Crippen LogP contribution in [0.1, 0.15) is 23.2 Å². The summed E-state index contributed by atoms with van der Waals surface area (Å²) in [6, 6.07) is 14.7. The molecule has 2 amide bonds. The van der Waals surface area contributed by atoms with E-state index in [9.17, 15) is 9.59 Å². The minimum Gasteiger partial charge on any atom is -0.320 e. The van der Waals surface area contributed by atoms with Gasteiger partial charge in [-0.2, -0.15) is 0 Å². The van der Waals surface area contributed by atoms with Gasteiger partial charge in [-0.15, -0.1) is 0 Å². The molecule has 0 aliphatic carbocycles. The van der Waals surface area contributed by atoms with Crippen molar-refractivity contribution in [2.24, 2.45) is 0 Å². The number of likely N-dealkylation sites (tertiary alicyclic amines) is 1. The zero-order chi connectivity index (χ0) is 16.5. The number of carbonyl (C=O) groups is 2. The molecule has 0 unspecified atom stereocenters. The third-order valence-electron chi connectivity index (χ3n) is 4.59. The van der Waals surface area contributed by atoms with Crippen molar-refractivity contribution in [1.82, 2.24) is 4.90 Å². The Morgan fingerprint density at radius 3 is 2.42 bits per heavy atom. The largest absolute Gasteiger partial charge is 0.320 e. The number of rotatable bonds is 2. The minimum atomic E-state index is -0.186. The van der Waals surface area contributed by atoms with E-state index in [-0.39, 0.29) is 11.8 Å². The van der Waals surface area contributed by atoms with Gasteiger partial charge in [0.05, 0.1) is 29.2 Å². The lowest BCUT2D eigenvalue weighted by Gasteiger charge is -2.26. The highest BCUT2D eigenvalue weighted by Crippen LogP contribution is 2.37. The number of para-hydroxylation sites is 3. The molecule has 122 valence electrons. The van der Waals surface area contributed by atoms with Crippen molar-refractivity contribution in [3.8, 4) is 0 Å². The predicted molar refractivity (Wildman–Crippen MR) is 93.7 cm³/mol. The highest BCUT2D eigenvalue weighted by Gasteiger charge is 2.30. The summed E-state index contributed by atoms with van der Waals surface area (Å²) in [5, 5.41) is 2.91. The Kier molecular flexibility index (Phi) is 3.78. The number of nitrogens with one attached hydrogen (secondary N) is 1. The highest BCUT2D eigenvalue weighted by molar-refractivity contribution is 6.17. The van der Waals surface area contributed by atoms with Crippen LogP contribution in [0.5, 0.6) is 0 Å². The van der Waals surface area contributed by atoms with Crippen molar-refractivity contribution in [2.45, 2.75) is 12.8 Å². The van der Waals surface area contributed by atoms with E-state index < -0.39 is 0 Å². The van der Waals surface area contributed by atoms with Crippen LogP contribution in [0.4, 0.5) is 17.1 Å². The number of carbonyl (C=O) groups excluding carboxylic acids is 2. The van der Waals surface area contributed by atoms with E-state index in [1.807, 2.05) is 42.5 Å². The Labute approximate surface area is 140 Å². The van der Waals surface area contributed by atoms with Gasteiger partial charge in [-0.1, -0.05) is 24.3 Å². The molecule has 2 aliphatic heterocycles. The average molecular weight is 321 g/mol. The van der Waals surface area contributed by atoms with E-state index in [2.05, 4.69) is 10.2 Å². The summed E-state index contributed by atoms with van der Waals surface area (Å²) < 4.78 is 0. The molecule has 2 aromatic carbocycles. The highest BCUT2D eigenvalue weighted by atomic mass is 16.2. The first-order chi connectivity index (χ1) is 11.7. The molecular formula is C19H19N3O2. The molecule has 1 N–H and O–H groups in total. The lowest BCUT2D eigenvalue weighted by Crippen LogP contribution is -2.37. The summed E-state index contributed by atoms with van der Waals surface area (Å²) in [6.45, 7) is 2.29. The van der Waals surface area contributed by atoms with Crippen LogP contribution in [0.2, 0.25) is 0 Å². The van der Waals surface area contributed by atoms with Crippen LogP contribution >= 0.6 is 0 Å². The average Bonchev–Trinajstić information content (AvgIpc) is 3.05. The summed E-state index contributed by atoms with van der Waals surface area (Å²) >= 11 is 0. The molecule has 0 spiro atoms. The molecule has 0 aromatic heterocycles. The second kappa shape index (κ2) is 6.09. The van der Waals surface area contributed by atoms with Gasteiger partial charge in [0, 0.05) is 0 Å². The number of hydrogen-bond acceptors (Lipinski definition) is 3. The van der Waals surface area contributed by atoms with Gasteiger partial charge in [-0.3, -0.25) is 19.4 Å². The second-order valence-electron chi connectivity index (χ2n) is 6.20. The molecule has 2 aromatic rings. The number of amides is 2. The van der Waals surface area contributed by atoms with Crippen molar-refractivity contribution < 1.29 is 9.59 Å². The maximum atomic E-state index is 13.1. The topological polar surface area (TPSA) is 52.7 Å². The Morgan fingerprint density at radius 1 is 0.958 bits per heavy atom. The summed E-state index contributed by atoms with van der Waals surface area (Å²) in [5.41, 5.74) is 2.54. The van der Waals surface area contributed by atoms with Gasteiger partial charge in [-0.05, 0) is 50.2 Å². The number of benzene rings is 2. The Bertz CT molecular complexity index is 797. The number of fused-ring (bicyclic) bond motifs is 2. The minimum absolute atomic E-state index is 0.00620. The molecule has 2 heterocycles. The van der Waals surface area contributed by atoms with E-state index in [0.717, 1.165) is 31.6 Å². The van der Waals surface area contributed by atoms with Gasteiger partial charge in [-0.25, -0.2) is 0 Å². The normalized spacial score (nSPS) is 17.0. The fraction of sp³-hybridized carbons (Fsp3) is 0.263. The van der Waals surface area contributed by atoms with E-state index in [1.165, 1.54) is 0 Å². The van der Waals surface area contributed by atoms with Gasteiger partial charge in [0.2, 0.25) is 5.91 Å². The van der Waals surface area contributed by atoms with Crippen LogP contribution < -0.4 is 10.2 Å². The zero-order valence-corrected chi connectivity index (χ0v) is 13.4. The lowest BCUT2D eigenvalue weighted by molar-refractivity contribution is -0.118. The Morgan fingerprint density at radius 2 is 1.62 bits per heavy atom. The van der Waals surface area contributed by atoms with Gasteiger partial charge in [0.25, 0.3) is 5.91 Å². The van der Waals surface area contributed by atoms with Gasteiger partial charge in [0.1, 0.15) is 0 Å². The van der Waals surface area contributed by atoms with Gasteiger partial charge < -0.3 is 5.32 Å². The van der Waals surface area contributed by atoms with Crippen LogP contribution in [0.3, 0.4) is 0 Å². The van der Waals surface area contributed by atoms with Crippen LogP contribution in [0, 0.1) is 0 Å². The lowest BCUT2D eigenvalue weighted by atomic mass is 10.1. The van der Waals surface area contributed by atoms with E-state index in [4.69, 9.17) is 0 Å². The smallest absolute Gasteiger partial charge is 0.257 e. The van der Waals surface area contributed by atoms with Crippen molar-refractivity contribution in [3.63, 3.8) is 0 Å². The van der Waals surface area contributed by atoms with Gasteiger partial charge in [0.15, 0.2) is 0 Å². The molecule has 1 fully saturated rings. The number of anilines is 3. The molecule has 0 atom stereocenters. The molecule has 1 saturated heterocycles. The maximum absolute atomic E-state index is 13.1. The third-order valence-corrected chi connectivity index (χ3v) is 4.59. The van der Waals surface area contributed by atoms with Crippen molar-refractivity contribution in [2.75, 3.05) is 29.9 Å². The third kappa shape index (κ3) is 2.57. The fourth-order valence-corrected chi connectivity index (χ4v) is 3.43. The van der Waals surface area contributed by atoms with Crippen molar-refractivity contribution in [3.05, 3.63) is 54.1 Å². The molecule has 5 nitrogen and oxygen atoms in total. The van der Waals surface area contributed by atoms with Crippen LogP contribution in [0.25, 0.3) is 0 Å². The molecule has 5 heteroatoms. The standard InChI is InChI=1S/C19H19N3O2/c23-18(13-21-11-5-6-12-21)22-16-9-3-1-7-14(16)19(24)20-15-8-2-4-10-17(15)22/h1-4,7-10H,5-6,11-13H2,(H,20,24). The SMILES string of the molecule is O=C1Nc2ccccc2N(C(=O)CN2CCCC2)c2ccccc21. The first kappa shape index (κ1) is 14.9. The Hall–Kier alpha value is -2.66. The first-order valence-corrected chi connectivity index (χ1v) is 8.29.